The van der Waals surface area contributed by atoms with E-state index < -0.39 is 0 Å². The highest BCUT2D eigenvalue weighted by Gasteiger charge is 2.03. The van der Waals surface area contributed by atoms with Gasteiger partial charge in [-0.2, -0.15) is 0 Å². The zero-order valence-corrected chi connectivity index (χ0v) is 11.5. The molecule has 0 fully saturated rings. The lowest BCUT2D eigenvalue weighted by atomic mass is 10.3. The number of ether oxygens (including phenoxy) is 1. The molecule has 16 heavy (non-hydrogen) atoms. The van der Waals surface area contributed by atoms with Crippen LogP contribution in [0.1, 0.15) is 0 Å². The smallest absolute Gasteiger partial charge is 0.188 e. The molecule has 0 bridgehead atoms. The van der Waals surface area contributed by atoms with Crippen molar-refractivity contribution in [1.29, 1.82) is 0 Å². The molecule has 6 heteroatoms. The molecular formula is C10H8BrClN2OS. The van der Waals surface area contributed by atoms with Crippen LogP contribution in [0, 0.1) is 0 Å². The van der Waals surface area contributed by atoms with E-state index >= 15 is 0 Å². The van der Waals surface area contributed by atoms with E-state index in [2.05, 4.69) is 26.2 Å². The van der Waals surface area contributed by atoms with Crippen LogP contribution < -0.4 is 10.1 Å². The molecule has 1 aromatic carbocycles. The molecule has 0 spiro atoms. The van der Waals surface area contributed by atoms with Crippen LogP contribution in [0.3, 0.4) is 0 Å². The highest BCUT2D eigenvalue weighted by atomic mass is 79.9. The van der Waals surface area contributed by atoms with Gasteiger partial charge < -0.3 is 10.1 Å². The number of nitrogens with one attached hydrogen (secondary N) is 1. The maximum atomic E-state index is 5.74. The Morgan fingerprint density at radius 1 is 1.50 bits per heavy atom. The van der Waals surface area contributed by atoms with E-state index in [1.54, 1.807) is 12.5 Å². The summed E-state index contributed by atoms with van der Waals surface area (Å²) in [6, 6.07) is 5.72. The molecule has 0 aliphatic heterocycles. The Morgan fingerprint density at radius 2 is 2.31 bits per heavy atom. The summed E-state index contributed by atoms with van der Waals surface area (Å²) in [4.78, 5) is 4.10. The summed E-state index contributed by atoms with van der Waals surface area (Å²) < 4.78 is 6.04. The average Bonchev–Trinajstić information content (AvgIpc) is 2.64. The third kappa shape index (κ3) is 2.66. The first-order valence-electron chi connectivity index (χ1n) is 4.40. The molecule has 0 aliphatic rings. The minimum atomic E-state index is 0.500. The predicted octanol–water partition coefficient (Wildman–Crippen LogP) is 4.31. The lowest BCUT2D eigenvalue weighted by molar-refractivity contribution is 0.412. The molecule has 0 amide bonds. The molecule has 2 rings (SSSR count). The number of anilines is 2. The zero-order valence-electron chi connectivity index (χ0n) is 8.33. The highest BCUT2D eigenvalue weighted by Crippen LogP contribution is 2.30. The molecule has 1 aromatic heterocycles. The van der Waals surface area contributed by atoms with Gasteiger partial charge in [0.25, 0.3) is 0 Å². The second kappa shape index (κ2) is 5.03. The van der Waals surface area contributed by atoms with E-state index in [-0.39, 0.29) is 0 Å². The van der Waals surface area contributed by atoms with Crippen molar-refractivity contribution < 1.29 is 4.74 Å². The lowest BCUT2D eigenvalue weighted by Crippen LogP contribution is -1.90. The lowest BCUT2D eigenvalue weighted by Gasteiger charge is -2.06. The minimum absolute atomic E-state index is 0.500. The number of methoxy groups -OCH3 is 1. The maximum Gasteiger partial charge on any atom is 0.188 e. The number of nitrogens with zero attached hydrogens (tertiary/aromatic N) is 1. The maximum absolute atomic E-state index is 5.74. The number of aromatic nitrogens is 1. The van der Waals surface area contributed by atoms with Gasteiger partial charge in [-0.15, -0.1) is 11.3 Å². The van der Waals surface area contributed by atoms with Crippen LogP contribution in [-0.2, 0) is 0 Å². The van der Waals surface area contributed by atoms with Crippen molar-refractivity contribution >= 4 is 49.7 Å². The Morgan fingerprint density at radius 3 is 2.88 bits per heavy atom. The van der Waals surface area contributed by atoms with Gasteiger partial charge in [0.1, 0.15) is 10.9 Å². The van der Waals surface area contributed by atoms with E-state index in [0.29, 0.717) is 5.15 Å². The SMILES string of the molecule is COc1ccc(Nc2nc(Cl)cs2)cc1Br. The van der Waals surface area contributed by atoms with Crippen LogP contribution in [0.15, 0.2) is 28.1 Å². The zero-order chi connectivity index (χ0) is 11.5. The molecule has 2 aromatic rings. The van der Waals surface area contributed by atoms with Crippen molar-refractivity contribution in [2.45, 2.75) is 0 Å². The monoisotopic (exact) mass is 318 g/mol. The number of benzene rings is 1. The van der Waals surface area contributed by atoms with Crippen molar-refractivity contribution in [3.63, 3.8) is 0 Å². The van der Waals surface area contributed by atoms with Crippen molar-refractivity contribution in [1.82, 2.24) is 4.98 Å². The van der Waals surface area contributed by atoms with E-state index in [9.17, 15) is 0 Å². The van der Waals surface area contributed by atoms with Crippen molar-refractivity contribution in [3.05, 3.63) is 33.2 Å². The fourth-order valence-electron chi connectivity index (χ4n) is 1.18. The average molecular weight is 320 g/mol. The first-order valence-corrected chi connectivity index (χ1v) is 6.45. The number of rotatable bonds is 3. The molecule has 3 nitrogen and oxygen atoms in total. The van der Waals surface area contributed by atoms with E-state index in [4.69, 9.17) is 16.3 Å². The number of hydrogen-bond acceptors (Lipinski definition) is 4. The number of thiazole rings is 1. The van der Waals surface area contributed by atoms with Crippen molar-refractivity contribution in [2.75, 3.05) is 12.4 Å². The van der Waals surface area contributed by atoms with Gasteiger partial charge in [-0.25, -0.2) is 4.98 Å². The second-order valence-electron chi connectivity index (χ2n) is 2.95. The molecule has 0 unspecified atom stereocenters. The summed E-state index contributed by atoms with van der Waals surface area (Å²) in [6.07, 6.45) is 0. The normalized spacial score (nSPS) is 10.2. The van der Waals surface area contributed by atoms with Crippen LogP contribution >= 0.6 is 38.9 Å². The summed E-state index contributed by atoms with van der Waals surface area (Å²) in [5.74, 6) is 0.794. The summed E-state index contributed by atoms with van der Waals surface area (Å²) in [5, 5.41) is 6.20. The molecule has 1 heterocycles. The van der Waals surface area contributed by atoms with Gasteiger partial charge in [0.05, 0.1) is 11.6 Å². The predicted molar refractivity (Wildman–Crippen MR) is 71.1 cm³/mol. The van der Waals surface area contributed by atoms with E-state index in [0.717, 1.165) is 21.0 Å². The summed E-state index contributed by atoms with van der Waals surface area (Å²) >= 11 is 10.6. The number of halogens is 2. The first kappa shape index (κ1) is 11.7. The van der Waals surface area contributed by atoms with Crippen LogP contribution in [0.2, 0.25) is 5.15 Å². The fourth-order valence-corrected chi connectivity index (χ4v) is 2.58. The quantitative estimate of drug-likeness (QED) is 0.915. The molecule has 0 radical (unpaired) electrons. The van der Waals surface area contributed by atoms with Gasteiger partial charge in [-0.05, 0) is 34.1 Å². The van der Waals surface area contributed by atoms with Gasteiger partial charge in [0.2, 0.25) is 0 Å². The van der Waals surface area contributed by atoms with E-state index in [1.165, 1.54) is 11.3 Å². The van der Waals surface area contributed by atoms with Gasteiger partial charge in [0.15, 0.2) is 5.13 Å². The van der Waals surface area contributed by atoms with Gasteiger partial charge >= 0.3 is 0 Å². The topological polar surface area (TPSA) is 34.1 Å². The molecule has 1 N–H and O–H groups in total. The highest BCUT2D eigenvalue weighted by molar-refractivity contribution is 9.10. The van der Waals surface area contributed by atoms with Crippen LogP contribution in [-0.4, -0.2) is 12.1 Å². The first-order chi connectivity index (χ1) is 7.69. The molecule has 0 saturated carbocycles. The van der Waals surface area contributed by atoms with Gasteiger partial charge in [0, 0.05) is 11.1 Å². The van der Waals surface area contributed by atoms with Crippen LogP contribution in [0.4, 0.5) is 10.8 Å². The minimum Gasteiger partial charge on any atom is -0.496 e. The Labute approximate surface area is 111 Å². The fraction of sp³-hybridized carbons (Fsp3) is 0.100. The van der Waals surface area contributed by atoms with Crippen LogP contribution in [0.5, 0.6) is 5.75 Å². The molecular weight excluding hydrogens is 312 g/mol. The summed E-state index contributed by atoms with van der Waals surface area (Å²) in [5.41, 5.74) is 0.929. The largest absolute Gasteiger partial charge is 0.496 e. The number of hydrogen-bond donors (Lipinski definition) is 1. The Balaban J connectivity index is 2.19. The Hall–Kier alpha value is -0.780. The molecule has 84 valence electrons. The third-order valence-corrected chi connectivity index (χ3v) is 3.58. The van der Waals surface area contributed by atoms with Crippen LogP contribution in [0.25, 0.3) is 0 Å². The third-order valence-electron chi connectivity index (χ3n) is 1.88. The standard InChI is InChI=1S/C10H8BrClN2OS/c1-15-8-3-2-6(4-7(8)11)13-10-14-9(12)5-16-10/h2-5H,1H3,(H,13,14). The van der Waals surface area contributed by atoms with E-state index in [1.807, 2.05) is 18.2 Å². The van der Waals surface area contributed by atoms with Crippen molar-refractivity contribution in [3.8, 4) is 5.75 Å². The second-order valence-corrected chi connectivity index (χ2v) is 5.05. The molecule has 0 aliphatic carbocycles. The van der Waals surface area contributed by atoms with Crippen molar-refractivity contribution in [2.24, 2.45) is 0 Å². The molecule has 0 saturated heterocycles. The van der Waals surface area contributed by atoms with Gasteiger partial charge in [-0.1, -0.05) is 11.6 Å². The summed E-state index contributed by atoms with van der Waals surface area (Å²) in [6.45, 7) is 0. The Kier molecular flexibility index (Phi) is 3.68. The van der Waals surface area contributed by atoms with Gasteiger partial charge in [-0.3, -0.25) is 0 Å². The molecule has 0 atom stereocenters. The summed E-state index contributed by atoms with van der Waals surface area (Å²) in [7, 11) is 1.63. The Bertz CT molecular complexity index is 503.